The zero-order valence-corrected chi connectivity index (χ0v) is 10.7. The molecule has 0 radical (unpaired) electrons. The molecule has 5 nitrogen and oxygen atoms in total. The second-order valence-corrected chi connectivity index (χ2v) is 4.88. The number of nitrogens with zero attached hydrogens (tertiary/aromatic N) is 3. The van der Waals surface area contributed by atoms with Crippen molar-refractivity contribution in [1.82, 2.24) is 10.2 Å². The summed E-state index contributed by atoms with van der Waals surface area (Å²) in [4.78, 5) is 10.5. The molecule has 0 aliphatic heterocycles. The number of rotatable bonds is 1. The molecule has 1 aliphatic rings. The molecule has 0 amide bonds. The number of aromatic nitrogens is 2. The molecule has 2 aromatic rings. The highest BCUT2D eigenvalue weighted by molar-refractivity contribution is 6.29. The van der Waals surface area contributed by atoms with Gasteiger partial charge in [-0.25, -0.2) is 0 Å². The molecular formula is C13H10ClN3O2. The van der Waals surface area contributed by atoms with Crippen molar-refractivity contribution in [3.63, 3.8) is 0 Å². The average Bonchev–Trinajstić information content (AvgIpc) is 2.56. The molecule has 1 aromatic heterocycles. The van der Waals surface area contributed by atoms with E-state index in [1.165, 1.54) is 6.07 Å². The van der Waals surface area contributed by atoms with E-state index in [4.69, 9.17) is 11.6 Å². The summed E-state index contributed by atoms with van der Waals surface area (Å²) < 4.78 is 0. The van der Waals surface area contributed by atoms with Gasteiger partial charge in [0.2, 0.25) is 0 Å². The summed E-state index contributed by atoms with van der Waals surface area (Å²) in [6, 6.07) is 6.70. The van der Waals surface area contributed by atoms with Crippen molar-refractivity contribution < 1.29 is 4.92 Å². The summed E-state index contributed by atoms with van der Waals surface area (Å²) in [5.74, 6) is 0. The quantitative estimate of drug-likeness (QED) is 0.592. The topological polar surface area (TPSA) is 68.9 Å². The molecule has 0 fully saturated rings. The minimum Gasteiger partial charge on any atom is -0.258 e. The lowest BCUT2D eigenvalue weighted by Crippen LogP contribution is -1.96. The van der Waals surface area contributed by atoms with Gasteiger partial charge in [-0.05, 0) is 36.5 Å². The van der Waals surface area contributed by atoms with Gasteiger partial charge >= 0.3 is 0 Å². The number of nitro groups is 1. The van der Waals surface area contributed by atoms with Crippen LogP contribution in [0.4, 0.5) is 5.69 Å². The van der Waals surface area contributed by atoms with E-state index in [2.05, 4.69) is 10.2 Å². The summed E-state index contributed by atoms with van der Waals surface area (Å²) in [5.41, 5.74) is 3.65. The maximum atomic E-state index is 10.9. The van der Waals surface area contributed by atoms with Crippen molar-refractivity contribution >= 4 is 17.3 Å². The van der Waals surface area contributed by atoms with E-state index in [-0.39, 0.29) is 5.69 Å². The van der Waals surface area contributed by atoms with Gasteiger partial charge in [0.15, 0.2) is 5.15 Å². The summed E-state index contributed by atoms with van der Waals surface area (Å²) in [5, 5.41) is 19.2. The lowest BCUT2D eigenvalue weighted by molar-refractivity contribution is -0.384. The van der Waals surface area contributed by atoms with E-state index >= 15 is 0 Å². The SMILES string of the molecule is O=[N+]([O-])c1ccc2c(c1)-c1nnc(Cl)cc1CCC2. The van der Waals surface area contributed by atoms with Crippen LogP contribution in [-0.4, -0.2) is 15.1 Å². The van der Waals surface area contributed by atoms with Gasteiger partial charge < -0.3 is 0 Å². The molecule has 1 heterocycles. The highest BCUT2D eigenvalue weighted by atomic mass is 35.5. The van der Waals surface area contributed by atoms with Gasteiger partial charge in [0.05, 0.1) is 10.6 Å². The minimum atomic E-state index is -0.395. The van der Waals surface area contributed by atoms with Crippen LogP contribution < -0.4 is 0 Å². The summed E-state index contributed by atoms with van der Waals surface area (Å²) in [6.45, 7) is 0. The predicted octanol–water partition coefficient (Wildman–Crippen LogP) is 3.19. The van der Waals surface area contributed by atoms with Crippen LogP contribution in [0.2, 0.25) is 5.15 Å². The van der Waals surface area contributed by atoms with Crippen LogP contribution in [0.3, 0.4) is 0 Å². The van der Waals surface area contributed by atoms with E-state index in [1.54, 1.807) is 18.2 Å². The lowest BCUT2D eigenvalue weighted by Gasteiger charge is -2.07. The van der Waals surface area contributed by atoms with Crippen molar-refractivity contribution in [3.05, 3.63) is 50.7 Å². The van der Waals surface area contributed by atoms with Crippen molar-refractivity contribution in [2.45, 2.75) is 19.3 Å². The standard InChI is InChI=1S/C13H10ClN3O2/c14-12-6-9-3-1-2-8-4-5-10(17(18)19)7-11(8)13(9)16-15-12/h4-7H,1-3H2. The molecule has 0 bridgehead atoms. The van der Waals surface area contributed by atoms with Crippen molar-refractivity contribution in [2.75, 3.05) is 0 Å². The minimum absolute atomic E-state index is 0.0725. The van der Waals surface area contributed by atoms with E-state index in [0.717, 1.165) is 36.0 Å². The Morgan fingerprint density at radius 2 is 1.95 bits per heavy atom. The Bertz CT molecular complexity index is 673. The first-order chi connectivity index (χ1) is 9.15. The second kappa shape index (κ2) is 4.59. The fourth-order valence-electron chi connectivity index (χ4n) is 2.41. The molecule has 0 atom stereocenters. The molecular weight excluding hydrogens is 266 g/mol. The molecule has 19 heavy (non-hydrogen) atoms. The Kier molecular flexibility index (Phi) is 2.91. The first-order valence-electron chi connectivity index (χ1n) is 5.95. The van der Waals surface area contributed by atoms with Gasteiger partial charge in [-0.3, -0.25) is 10.1 Å². The number of halogens is 1. The molecule has 0 N–H and O–H groups in total. The van der Waals surface area contributed by atoms with Crippen LogP contribution in [0, 0.1) is 10.1 Å². The normalized spacial score (nSPS) is 13.3. The van der Waals surface area contributed by atoms with Gasteiger partial charge in [-0.2, -0.15) is 0 Å². The van der Waals surface area contributed by atoms with Gasteiger partial charge in [0.25, 0.3) is 5.69 Å². The largest absolute Gasteiger partial charge is 0.270 e. The fraction of sp³-hybridized carbons (Fsp3) is 0.231. The molecule has 0 saturated carbocycles. The molecule has 3 rings (SSSR count). The molecule has 96 valence electrons. The van der Waals surface area contributed by atoms with Crippen LogP contribution in [0.25, 0.3) is 11.3 Å². The Morgan fingerprint density at radius 1 is 1.16 bits per heavy atom. The number of fused-ring (bicyclic) bond motifs is 3. The van der Waals surface area contributed by atoms with Crippen molar-refractivity contribution in [2.24, 2.45) is 0 Å². The molecule has 1 aromatic carbocycles. The van der Waals surface area contributed by atoms with Crippen LogP contribution in [-0.2, 0) is 12.8 Å². The highest BCUT2D eigenvalue weighted by Gasteiger charge is 2.19. The maximum absolute atomic E-state index is 10.9. The first-order valence-corrected chi connectivity index (χ1v) is 6.33. The number of benzene rings is 1. The Balaban J connectivity index is 2.23. The molecule has 1 aliphatic carbocycles. The van der Waals surface area contributed by atoms with E-state index < -0.39 is 4.92 Å². The van der Waals surface area contributed by atoms with Gasteiger partial charge in [-0.1, -0.05) is 17.7 Å². The highest BCUT2D eigenvalue weighted by Crippen LogP contribution is 2.33. The summed E-state index contributed by atoms with van der Waals surface area (Å²) in [7, 11) is 0. The lowest BCUT2D eigenvalue weighted by atomic mass is 10.0. The van der Waals surface area contributed by atoms with E-state index in [1.807, 2.05) is 0 Å². The molecule has 0 saturated heterocycles. The van der Waals surface area contributed by atoms with Crippen LogP contribution in [0.15, 0.2) is 24.3 Å². The summed E-state index contributed by atoms with van der Waals surface area (Å²) >= 11 is 5.86. The number of nitro benzene ring substituents is 1. The third-order valence-corrected chi connectivity index (χ3v) is 3.48. The summed E-state index contributed by atoms with van der Waals surface area (Å²) in [6.07, 6.45) is 2.70. The second-order valence-electron chi connectivity index (χ2n) is 4.49. The number of hydrogen-bond donors (Lipinski definition) is 0. The van der Waals surface area contributed by atoms with Crippen molar-refractivity contribution in [1.29, 1.82) is 0 Å². The van der Waals surface area contributed by atoms with E-state index in [9.17, 15) is 10.1 Å². The number of hydrogen-bond acceptors (Lipinski definition) is 4. The van der Waals surface area contributed by atoms with Crippen LogP contribution in [0.5, 0.6) is 0 Å². The van der Waals surface area contributed by atoms with E-state index in [0.29, 0.717) is 10.8 Å². The fourth-order valence-corrected chi connectivity index (χ4v) is 2.58. The zero-order valence-electron chi connectivity index (χ0n) is 9.97. The van der Waals surface area contributed by atoms with Crippen molar-refractivity contribution in [3.8, 4) is 11.3 Å². The zero-order chi connectivity index (χ0) is 13.4. The molecule has 0 spiro atoms. The first kappa shape index (κ1) is 12.0. The number of non-ortho nitro benzene ring substituents is 1. The van der Waals surface area contributed by atoms with Gasteiger partial charge in [-0.15, -0.1) is 10.2 Å². The maximum Gasteiger partial charge on any atom is 0.270 e. The molecule has 6 heteroatoms. The van der Waals surface area contributed by atoms with Crippen LogP contribution >= 0.6 is 11.6 Å². The molecule has 0 unspecified atom stereocenters. The monoisotopic (exact) mass is 275 g/mol. The van der Waals surface area contributed by atoms with Crippen LogP contribution in [0.1, 0.15) is 17.5 Å². The third-order valence-electron chi connectivity index (χ3n) is 3.29. The predicted molar refractivity (Wildman–Crippen MR) is 71.2 cm³/mol. The Morgan fingerprint density at radius 3 is 2.74 bits per heavy atom. The number of aryl methyl sites for hydroxylation is 2. The Labute approximate surface area is 114 Å². The van der Waals surface area contributed by atoms with Gasteiger partial charge in [0.1, 0.15) is 0 Å². The smallest absolute Gasteiger partial charge is 0.258 e. The van der Waals surface area contributed by atoms with Gasteiger partial charge in [0, 0.05) is 17.7 Å². The third kappa shape index (κ3) is 2.17. The Hall–Kier alpha value is -2.01. The average molecular weight is 276 g/mol.